The van der Waals surface area contributed by atoms with Crippen LogP contribution in [-0.4, -0.2) is 12.1 Å². The molecule has 0 aliphatic rings. The van der Waals surface area contributed by atoms with Crippen LogP contribution in [0.5, 0.6) is 5.75 Å². The van der Waals surface area contributed by atoms with Gasteiger partial charge in [0.1, 0.15) is 5.82 Å². The van der Waals surface area contributed by atoms with E-state index in [2.05, 4.69) is 0 Å². The summed E-state index contributed by atoms with van der Waals surface area (Å²) >= 11 is 0. The molecule has 7 heteroatoms. The summed E-state index contributed by atoms with van der Waals surface area (Å²) in [6.45, 7) is -5.74. The van der Waals surface area contributed by atoms with Crippen molar-refractivity contribution in [1.29, 1.82) is 0 Å². The molecule has 0 aromatic heterocycles. The molecule has 0 atom stereocenters. The standard InChI is InChI=1S/C6H3BF5O/c8-3-1-2-4(13)5(6(3)9)7(10,11)12/h1-2,13H/q-1. The fourth-order valence-electron chi connectivity index (χ4n) is 0.868. The van der Waals surface area contributed by atoms with Gasteiger partial charge in [-0.1, -0.05) is 0 Å². The third-order valence-electron chi connectivity index (χ3n) is 1.44. The Morgan fingerprint density at radius 3 is 2.00 bits per heavy atom. The largest absolute Gasteiger partial charge is 0.516 e. The van der Waals surface area contributed by atoms with Crippen molar-refractivity contribution in [3.05, 3.63) is 23.8 Å². The Balaban J connectivity index is 3.43. The molecule has 1 aromatic rings. The van der Waals surface area contributed by atoms with Crippen LogP contribution in [0.4, 0.5) is 21.7 Å². The Bertz CT molecular complexity index is 335. The molecule has 1 rings (SSSR count). The molecule has 0 aliphatic heterocycles. The smallest absolute Gasteiger partial charge is 0.511 e. The van der Waals surface area contributed by atoms with Crippen molar-refractivity contribution < 1.29 is 26.8 Å². The lowest BCUT2D eigenvalue weighted by Crippen LogP contribution is -2.37. The number of halogens is 5. The maximum atomic E-state index is 12.5. The van der Waals surface area contributed by atoms with Gasteiger partial charge >= 0.3 is 6.98 Å². The summed E-state index contributed by atoms with van der Waals surface area (Å²) in [5, 5.41) is 8.64. The Labute approximate surface area is 69.9 Å². The van der Waals surface area contributed by atoms with Gasteiger partial charge in [-0.05, 0) is 17.6 Å². The number of benzene rings is 1. The van der Waals surface area contributed by atoms with Gasteiger partial charge in [0.05, 0.1) is 5.75 Å². The van der Waals surface area contributed by atoms with Gasteiger partial charge in [0.25, 0.3) is 0 Å². The molecule has 0 heterocycles. The van der Waals surface area contributed by atoms with Crippen LogP contribution in [0.15, 0.2) is 12.1 Å². The van der Waals surface area contributed by atoms with Crippen LogP contribution >= 0.6 is 0 Å². The summed E-state index contributed by atoms with van der Waals surface area (Å²) in [7, 11) is 0. The first-order valence-electron chi connectivity index (χ1n) is 3.21. The van der Waals surface area contributed by atoms with Gasteiger partial charge in [-0.25, -0.2) is 8.78 Å². The Hall–Kier alpha value is -1.27. The molecule has 1 nitrogen and oxygen atoms in total. The SMILES string of the molecule is Oc1ccc(F)c(F)c1[B-](F)(F)F. The van der Waals surface area contributed by atoms with Crippen molar-refractivity contribution in [3.63, 3.8) is 0 Å². The van der Waals surface area contributed by atoms with Gasteiger partial charge in [0.2, 0.25) is 0 Å². The van der Waals surface area contributed by atoms with Gasteiger partial charge in [-0.15, -0.1) is 0 Å². The van der Waals surface area contributed by atoms with Crippen molar-refractivity contribution >= 4 is 12.4 Å². The quantitative estimate of drug-likeness (QED) is 0.536. The monoisotopic (exact) mass is 197 g/mol. The highest BCUT2D eigenvalue weighted by Crippen LogP contribution is 2.20. The topological polar surface area (TPSA) is 20.2 Å². The lowest BCUT2D eigenvalue weighted by Gasteiger charge is -2.17. The minimum Gasteiger partial charge on any atom is -0.511 e. The van der Waals surface area contributed by atoms with Crippen LogP contribution < -0.4 is 5.46 Å². The summed E-state index contributed by atoms with van der Waals surface area (Å²) in [6, 6.07) is 0.888. The third kappa shape index (κ3) is 1.73. The first-order valence-corrected chi connectivity index (χ1v) is 3.21. The highest BCUT2D eigenvalue weighted by atomic mass is 19.4. The molecule has 0 amide bonds. The van der Waals surface area contributed by atoms with Gasteiger partial charge in [-0.2, -0.15) is 0 Å². The number of aromatic hydroxyl groups is 1. The van der Waals surface area contributed by atoms with Crippen molar-refractivity contribution in [2.75, 3.05) is 0 Å². The molecule has 0 aliphatic carbocycles. The van der Waals surface area contributed by atoms with Crippen molar-refractivity contribution in [2.24, 2.45) is 0 Å². The number of phenolic OH excluding ortho intramolecular Hbond substituents is 1. The molecule has 0 spiro atoms. The predicted molar refractivity (Wildman–Crippen MR) is 36.7 cm³/mol. The van der Waals surface area contributed by atoms with E-state index in [0.717, 1.165) is 0 Å². The number of phenols is 1. The van der Waals surface area contributed by atoms with E-state index in [1.54, 1.807) is 0 Å². The predicted octanol–water partition coefficient (Wildman–Crippen LogP) is 1.72. The number of hydrogen-bond donors (Lipinski definition) is 1. The molecule has 72 valence electrons. The zero-order valence-electron chi connectivity index (χ0n) is 6.07. The zero-order valence-corrected chi connectivity index (χ0v) is 6.07. The molecule has 0 saturated carbocycles. The van der Waals surface area contributed by atoms with Crippen LogP contribution in [0.25, 0.3) is 0 Å². The van der Waals surface area contributed by atoms with Crippen LogP contribution in [0.1, 0.15) is 0 Å². The van der Waals surface area contributed by atoms with E-state index < -0.39 is 29.8 Å². The van der Waals surface area contributed by atoms with E-state index in [0.29, 0.717) is 12.1 Å². The molecule has 0 bridgehead atoms. The van der Waals surface area contributed by atoms with Crippen LogP contribution in [0.3, 0.4) is 0 Å². The Morgan fingerprint density at radius 1 is 1.08 bits per heavy atom. The first kappa shape index (κ1) is 9.82. The molecule has 0 radical (unpaired) electrons. The van der Waals surface area contributed by atoms with E-state index in [1.807, 2.05) is 0 Å². The zero-order chi connectivity index (χ0) is 10.2. The van der Waals surface area contributed by atoms with Gasteiger partial charge in [0, 0.05) is 0 Å². The summed E-state index contributed by atoms with van der Waals surface area (Å²) in [5.41, 5.74) is -1.92. The second kappa shape index (κ2) is 2.90. The summed E-state index contributed by atoms with van der Waals surface area (Å²) < 4.78 is 60.8. The Kier molecular flexibility index (Phi) is 2.19. The molecular weight excluding hydrogens is 194 g/mol. The van der Waals surface area contributed by atoms with Crippen molar-refractivity contribution in [3.8, 4) is 5.75 Å². The summed E-state index contributed by atoms with van der Waals surface area (Å²) in [5.74, 6) is -4.99. The first-order chi connectivity index (χ1) is 5.84. The summed E-state index contributed by atoms with van der Waals surface area (Å²) in [6.07, 6.45) is 0. The van der Waals surface area contributed by atoms with E-state index in [9.17, 15) is 21.7 Å². The lowest BCUT2D eigenvalue weighted by molar-refractivity contribution is 0.442. The maximum absolute atomic E-state index is 12.5. The van der Waals surface area contributed by atoms with Crippen molar-refractivity contribution in [2.45, 2.75) is 0 Å². The minimum atomic E-state index is -5.74. The highest BCUT2D eigenvalue weighted by Gasteiger charge is 2.33. The molecule has 0 saturated heterocycles. The van der Waals surface area contributed by atoms with E-state index in [1.165, 1.54) is 0 Å². The molecule has 0 fully saturated rings. The fraction of sp³-hybridized carbons (Fsp3) is 0. The number of rotatable bonds is 1. The molecule has 13 heavy (non-hydrogen) atoms. The Morgan fingerprint density at radius 2 is 1.62 bits per heavy atom. The molecular formula is C6H3BF5O-. The van der Waals surface area contributed by atoms with Crippen LogP contribution in [-0.2, 0) is 0 Å². The summed E-state index contributed by atoms with van der Waals surface area (Å²) in [4.78, 5) is 0. The average molecular weight is 197 g/mol. The normalized spacial score (nSPS) is 11.8. The van der Waals surface area contributed by atoms with E-state index in [4.69, 9.17) is 5.11 Å². The van der Waals surface area contributed by atoms with Gasteiger partial charge < -0.3 is 18.1 Å². The highest BCUT2D eigenvalue weighted by molar-refractivity contribution is 6.74. The van der Waals surface area contributed by atoms with Gasteiger partial charge in [-0.3, -0.25) is 0 Å². The third-order valence-corrected chi connectivity index (χ3v) is 1.44. The fourth-order valence-corrected chi connectivity index (χ4v) is 0.868. The maximum Gasteiger partial charge on any atom is 0.516 e. The molecule has 1 aromatic carbocycles. The second-order valence-electron chi connectivity index (χ2n) is 2.37. The van der Waals surface area contributed by atoms with Crippen LogP contribution in [0, 0.1) is 11.6 Å². The second-order valence-corrected chi connectivity index (χ2v) is 2.37. The minimum absolute atomic E-state index is 0.427. The van der Waals surface area contributed by atoms with Crippen molar-refractivity contribution in [1.82, 2.24) is 0 Å². The number of hydrogen-bond acceptors (Lipinski definition) is 1. The van der Waals surface area contributed by atoms with Gasteiger partial charge in [0.15, 0.2) is 5.82 Å². The lowest BCUT2D eigenvalue weighted by atomic mass is 9.79. The molecule has 0 unspecified atom stereocenters. The van der Waals surface area contributed by atoms with E-state index in [-0.39, 0.29) is 0 Å². The van der Waals surface area contributed by atoms with Crippen LogP contribution in [0.2, 0.25) is 0 Å². The van der Waals surface area contributed by atoms with E-state index >= 15 is 0 Å². The average Bonchev–Trinajstić information content (AvgIpc) is 1.95. The molecule has 1 N–H and O–H groups in total.